The predicted molar refractivity (Wildman–Crippen MR) is 43.9 cm³/mol. The Labute approximate surface area is 71.3 Å². The summed E-state index contributed by atoms with van der Waals surface area (Å²) in [6, 6.07) is 2.30. The van der Waals surface area contributed by atoms with E-state index in [-0.39, 0.29) is 11.3 Å². The molecule has 0 heterocycles. The Morgan fingerprint density at radius 2 is 2.18 bits per heavy atom. The van der Waals surface area contributed by atoms with Crippen molar-refractivity contribution < 1.29 is 9.18 Å². The number of nitrogen functional groups attached to an aromatic ring is 1. The predicted octanol–water partition coefficient (Wildman–Crippen LogP) is 1.98. The monoisotopic (exact) mass is 217 g/mol. The van der Waals surface area contributed by atoms with Crippen LogP contribution in [0.25, 0.3) is 0 Å². The summed E-state index contributed by atoms with van der Waals surface area (Å²) < 4.78 is 13.0. The van der Waals surface area contributed by atoms with Gasteiger partial charge in [-0.3, -0.25) is 4.79 Å². The summed E-state index contributed by atoms with van der Waals surface area (Å²) in [4.78, 5) is 10.3. The molecular weight excluding hydrogens is 213 g/mol. The van der Waals surface area contributed by atoms with Crippen LogP contribution in [0, 0.1) is 5.82 Å². The molecule has 0 saturated heterocycles. The molecule has 0 aliphatic carbocycles. The van der Waals surface area contributed by atoms with E-state index in [1.807, 2.05) is 0 Å². The van der Waals surface area contributed by atoms with Gasteiger partial charge < -0.3 is 5.73 Å². The van der Waals surface area contributed by atoms with Crippen molar-refractivity contribution in [2.24, 2.45) is 0 Å². The van der Waals surface area contributed by atoms with Crippen LogP contribution >= 0.6 is 15.9 Å². The highest BCUT2D eigenvalue weighted by atomic mass is 79.9. The fourth-order valence-corrected chi connectivity index (χ4v) is 1.15. The Morgan fingerprint density at radius 1 is 1.55 bits per heavy atom. The zero-order chi connectivity index (χ0) is 8.43. The number of hydrogen-bond acceptors (Lipinski definition) is 2. The van der Waals surface area contributed by atoms with Crippen molar-refractivity contribution in [3.63, 3.8) is 0 Å². The highest BCUT2D eigenvalue weighted by Gasteiger charge is 2.04. The summed E-state index contributed by atoms with van der Waals surface area (Å²) in [5.74, 6) is -0.479. The maximum absolute atomic E-state index is 12.6. The van der Waals surface area contributed by atoms with Gasteiger partial charge in [0.15, 0.2) is 6.29 Å². The number of carbonyl (C=O) groups is 1. The number of carbonyl (C=O) groups excluding carboxylic acids is 1. The van der Waals surface area contributed by atoms with Crippen LogP contribution < -0.4 is 5.73 Å². The number of rotatable bonds is 1. The summed E-state index contributed by atoms with van der Waals surface area (Å²) >= 11 is 3.01. The van der Waals surface area contributed by atoms with Gasteiger partial charge >= 0.3 is 0 Å². The molecule has 0 amide bonds. The summed E-state index contributed by atoms with van der Waals surface area (Å²) in [5.41, 5.74) is 5.85. The first-order valence-electron chi connectivity index (χ1n) is 2.85. The first-order chi connectivity index (χ1) is 5.15. The SMILES string of the molecule is Nc1c(Br)cc(F)cc1C=O. The minimum atomic E-state index is -0.479. The van der Waals surface area contributed by atoms with Crippen LogP contribution in [0.15, 0.2) is 16.6 Å². The van der Waals surface area contributed by atoms with E-state index in [1.54, 1.807) is 0 Å². The zero-order valence-corrected chi connectivity index (χ0v) is 7.06. The first-order valence-corrected chi connectivity index (χ1v) is 3.64. The van der Waals surface area contributed by atoms with Crippen LogP contribution in [0.2, 0.25) is 0 Å². The van der Waals surface area contributed by atoms with Crippen molar-refractivity contribution >= 4 is 27.9 Å². The van der Waals surface area contributed by atoms with Crippen molar-refractivity contribution in [1.29, 1.82) is 0 Å². The third kappa shape index (κ3) is 1.57. The molecule has 2 nitrogen and oxygen atoms in total. The Morgan fingerprint density at radius 3 is 2.73 bits per heavy atom. The quantitative estimate of drug-likeness (QED) is 0.578. The number of hydrogen-bond donors (Lipinski definition) is 1. The average Bonchev–Trinajstić information content (AvgIpc) is 1.96. The molecule has 0 atom stereocenters. The van der Waals surface area contributed by atoms with Gasteiger partial charge in [0.1, 0.15) is 5.82 Å². The molecule has 0 aromatic heterocycles. The molecule has 0 spiro atoms. The lowest BCUT2D eigenvalue weighted by Gasteiger charge is -2.00. The van der Waals surface area contributed by atoms with Gasteiger partial charge in [-0.15, -0.1) is 0 Å². The van der Waals surface area contributed by atoms with E-state index in [0.29, 0.717) is 10.8 Å². The van der Waals surface area contributed by atoms with E-state index in [9.17, 15) is 9.18 Å². The fraction of sp³-hybridized carbons (Fsp3) is 0. The molecule has 0 aliphatic rings. The molecule has 0 aliphatic heterocycles. The topological polar surface area (TPSA) is 43.1 Å². The minimum Gasteiger partial charge on any atom is -0.397 e. The van der Waals surface area contributed by atoms with Crippen LogP contribution in [0.4, 0.5) is 10.1 Å². The van der Waals surface area contributed by atoms with Crippen LogP contribution in [0.5, 0.6) is 0 Å². The van der Waals surface area contributed by atoms with Crippen molar-refractivity contribution in [2.45, 2.75) is 0 Å². The van der Waals surface area contributed by atoms with Gasteiger partial charge in [-0.2, -0.15) is 0 Å². The molecule has 0 bridgehead atoms. The molecule has 1 aromatic carbocycles. The van der Waals surface area contributed by atoms with Crippen molar-refractivity contribution in [3.8, 4) is 0 Å². The molecule has 0 radical (unpaired) electrons. The summed E-state index contributed by atoms with van der Waals surface area (Å²) in [5, 5.41) is 0. The smallest absolute Gasteiger partial charge is 0.152 e. The van der Waals surface area contributed by atoms with E-state index in [1.165, 1.54) is 6.07 Å². The second-order valence-electron chi connectivity index (χ2n) is 2.01. The van der Waals surface area contributed by atoms with Crippen molar-refractivity contribution in [3.05, 3.63) is 28.0 Å². The first kappa shape index (κ1) is 8.20. The van der Waals surface area contributed by atoms with Gasteiger partial charge in [-0.1, -0.05) is 0 Å². The molecule has 2 N–H and O–H groups in total. The van der Waals surface area contributed by atoms with Crippen LogP contribution in [0.3, 0.4) is 0 Å². The lowest BCUT2D eigenvalue weighted by molar-refractivity contribution is 0.112. The van der Waals surface area contributed by atoms with E-state index >= 15 is 0 Å². The number of benzene rings is 1. The van der Waals surface area contributed by atoms with Crippen LogP contribution in [-0.4, -0.2) is 6.29 Å². The molecule has 11 heavy (non-hydrogen) atoms. The second-order valence-corrected chi connectivity index (χ2v) is 2.86. The van der Waals surface area contributed by atoms with Gasteiger partial charge in [0, 0.05) is 10.0 Å². The molecule has 0 unspecified atom stereocenters. The highest BCUT2D eigenvalue weighted by Crippen LogP contribution is 2.23. The van der Waals surface area contributed by atoms with E-state index in [2.05, 4.69) is 15.9 Å². The van der Waals surface area contributed by atoms with Gasteiger partial charge in [-0.05, 0) is 28.1 Å². The van der Waals surface area contributed by atoms with Gasteiger partial charge in [0.2, 0.25) is 0 Å². The van der Waals surface area contributed by atoms with Gasteiger partial charge in [0.05, 0.1) is 5.69 Å². The van der Waals surface area contributed by atoms with E-state index < -0.39 is 5.82 Å². The summed E-state index contributed by atoms with van der Waals surface area (Å²) in [6.45, 7) is 0. The largest absolute Gasteiger partial charge is 0.397 e. The third-order valence-corrected chi connectivity index (χ3v) is 1.91. The Balaban J connectivity index is 3.35. The minimum absolute atomic E-state index is 0.164. The Bertz CT molecular complexity index is 301. The van der Waals surface area contributed by atoms with Crippen LogP contribution in [0.1, 0.15) is 10.4 Å². The van der Waals surface area contributed by atoms with Crippen molar-refractivity contribution in [2.75, 3.05) is 5.73 Å². The highest BCUT2D eigenvalue weighted by molar-refractivity contribution is 9.10. The number of nitrogens with two attached hydrogens (primary N) is 1. The summed E-state index contributed by atoms with van der Waals surface area (Å²) in [6.07, 6.45) is 0.517. The third-order valence-electron chi connectivity index (χ3n) is 1.25. The number of anilines is 1. The summed E-state index contributed by atoms with van der Waals surface area (Å²) in [7, 11) is 0. The van der Waals surface area contributed by atoms with Crippen LogP contribution in [-0.2, 0) is 0 Å². The fourth-order valence-electron chi connectivity index (χ4n) is 0.702. The molecular formula is C7H5BrFNO. The number of aldehydes is 1. The molecule has 0 saturated carbocycles. The van der Waals surface area contributed by atoms with Gasteiger partial charge in [0.25, 0.3) is 0 Å². The van der Waals surface area contributed by atoms with E-state index in [4.69, 9.17) is 5.73 Å². The van der Waals surface area contributed by atoms with E-state index in [0.717, 1.165) is 6.07 Å². The lowest BCUT2D eigenvalue weighted by Crippen LogP contribution is -1.95. The molecule has 58 valence electrons. The Hall–Kier alpha value is -0.900. The molecule has 0 fully saturated rings. The normalized spacial score (nSPS) is 9.64. The van der Waals surface area contributed by atoms with Crippen molar-refractivity contribution in [1.82, 2.24) is 0 Å². The molecule has 1 aromatic rings. The average molecular weight is 218 g/mol. The molecule has 4 heteroatoms. The number of halogens is 2. The Kier molecular flexibility index (Phi) is 2.24. The standard InChI is InChI=1S/C7H5BrFNO/c8-6-2-5(9)1-4(3-11)7(6)10/h1-3H,10H2. The second kappa shape index (κ2) is 3.00. The molecule has 1 rings (SSSR count). The van der Waals surface area contributed by atoms with Gasteiger partial charge in [-0.25, -0.2) is 4.39 Å². The lowest BCUT2D eigenvalue weighted by atomic mass is 10.2. The maximum atomic E-state index is 12.6. The zero-order valence-electron chi connectivity index (χ0n) is 5.47. The maximum Gasteiger partial charge on any atom is 0.152 e.